The molecular weight excluding hydrogens is 158 g/mol. The van der Waals surface area contributed by atoms with Crippen molar-refractivity contribution in [1.82, 2.24) is 10.2 Å². The van der Waals surface area contributed by atoms with Crippen LogP contribution in [0.4, 0.5) is 5.82 Å². The van der Waals surface area contributed by atoms with Crippen LogP contribution in [0.5, 0.6) is 11.5 Å². The minimum atomic E-state index is 0.00838. The third kappa shape index (κ3) is 0.701. The molecule has 0 unspecified atom stereocenters. The number of phenolic OH excluding ortho intramolecular Hbond substituents is 2. The summed E-state index contributed by atoms with van der Waals surface area (Å²) in [5.41, 5.74) is 5.79. The summed E-state index contributed by atoms with van der Waals surface area (Å²) >= 11 is 0. The molecule has 0 atom stereocenters. The Hall–Kier alpha value is -1.91. The number of aromatic amines is 1. The van der Waals surface area contributed by atoms with Crippen LogP contribution in [0.1, 0.15) is 0 Å². The van der Waals surface area contributed by atoms with Crippen LogP contribution >= 0.6 is 0 Å². The molecule has 5 nitrogen and oxygen atoms in total. The maximum absolute atomic E-state index is 9.31. The van der Waals surface area contributed by atoms with Gasteiger partial charge in [-0.2, -0.15) is 5.10 Å². The van der Waals surface area contributed by atoms with Gasteiger partial charge >= 0.3 is 0 Å². The van der Waals surface area contributed by atoms with Gasteiger partial charge in [-0.25, -0.2) is 0 Å². The Labute approximate surface area is 67.4 Å². The van der Waals surface area contributed by atoms with Crippen molar-refractivity contribution in [3.63, 3.8) is 0 Å². The molecule has 0 aliphatic heterocycles. The lowest BCUT2D eigenvalue weighted by molar-refractivity contribution is 0.469. The van der Waals surface area contributed by atoms with E-state index in [4.69, 9.17) is 5.73 Å². The lowest BCUT2D eigenvalue weighted by atomic mass is 10.2. The predicted molar refractivity (Wildman–Crippen MR) is 43.8 cm³/mol. The minimum absolute atomic E-state index is 0.00838. The van der Waals surface area contributed by atoms with Gasteiger partial charge in [0.25, 0.3) is 0 Å². The Kier molecular flexibility index (Phi) is 1.15. The molecule has 1 aromatic carbocycles. The van der Waals surface area contributed by atoms with Crippen LogP contribution in [0.25, 0.3) is 10.9 Å². The third-order valence-corrected chi connectivity index (χ3v) is 1.71. The van der Waals surface area contributed by atoms with Crippen molar-refractivity contribution in [1.29, 1.82) is 0 Å². The zero-order valence-electron chi connectivity index (χ0n) is 6.07. The van der Waals surface area contributed by atoms with Gasteiger partial charge in [-0.1, -0.05) is 0 Å². The summed E-state index contributed by atoms with van der Waals surface area (Å²) in [5.74, 6) is 0.208. The average Bonchev–Trinajstić information content (AvgIpc) is 2.42. The van der Waals surface area contributed by atoms with Crippen LogP contribution in [0.15, 0.2) is 12.1 Å². The monoisotopic (exact) mass is 165 g/mol. The van der Waals surface area contributed by atoms with Crippen molar-refractivity contribution in [2.75, 3.05) is 5.73 Å². The molecule has 0 fully saturated rings. The Balaban J connectivity index is 2.98. The summed E-state index contributed by atoms with van der Waals surface area (Å²) in [6.07, 6.45) is 0. The van der Waals surface area contributed by atoms with E-state index in [1.165, 1.54) is 12.1 Å². The van der Waals surface area contributed by atoms with E-state index in [-0.39, 0.29) is 17.3 Å². The first-order chi connectivity index (χ1) is 5.70. The van der Waals surface area contributed by atoms with Crippen molar-refractivity contribution in [2.24, 2.45) is 0 Å². The van der Waals surface area contributed by atoms with Crippen molar-refractivity contribution in [3.8, 4) is 11.5 Å². The quantitative estimate of drug-likeness (QED) is 0.429. The minimum Gasteiger partial charge on any atom is -0.507 e. The highest BCUT2D eigenvalue weighted by Crippen LogP contribution is 2.33. The van der Waals surface area contributed by atoms with Gasteiger partial charge in [0.05, 0.1) is 5.39 Å². The van der Waals surface area contributed by atoms with E-state index >= 15 is 0 Å². The van der Waals surface area contributed by atoms with E-state index in [0.29, 0.717) is 10.9 Å². The molecule has 0 amide bonds. The number of nitrogen functional groups attached to an aromatic ring is 1. The first kappa shape index (κ1) is 6.78. The topological polar surface area (TPSA) is 95.2 Å². The number of nitrogens with one attached hydrogen (secondary N) is 1. The van der Waals surface area contributed by atoms with E-state index < -0.39 is 0 Å². The maximum Gasteiger partial charge on any atom is 0.157 e. The molecule has 12 heavy (non-hydrogen) atoms. The summed E-state index contributed by atoms with van der Waals surface area (Å²) in [6, 6.07) is 2.73. The summed E-state index contributed by atoms with van der Waals surface area (Å²) < 4.78 is 0. The molecular formula is C7H7N3O2. The van der Waals surface area contributed by atoms with Crippen molar-refractivity contribution in [2.45, 2.75) is 0 Å². The van der Waals surface area contributed by atoms with Gasteiger partial charge in [0.1, 0.15) is 17.0 Å². The third-order valence-electron chi connectivity index (χ3n) is 1.71. The van der Waals surface area contributed by atoms with Crippen molar-refractivity contribution < 1.29 is 10.2 Å². The standard InChI is InChI=1S/C7H7N3O2/c8-7-5-3(11)1-2-4(12)6(5)9-10-7/h1-2,11-12H,(H3,8,9,10). The van der Waals surface area contributed by atoms with Gasteiger partial charge in [0.2, 0.25) is 0 Å². The zero-order chi connectivity index (χ0) is 8.72. The number of phenols is 2. The van der Waals surface area contributed by atoms with Gasteiger partial charge in [0.15, 0.2) is 5.82 Å². The summed E-state index contributed by atoms with van der Waals surface area (Å²) in [6.45, 7) is 0. The molecule has 0 bridgehead atoms. The van der Waals surface area contributed by atoms with Crippen molar-refractivity contribution in [3.05, 3.63) is 12.1 Å². The van der Waals surface area contributed by atoms with Gasteiger partial charge in [-0.05, 0) is 12.1 Å². The van der Waals surface area contributed by atoms with Gasteiger partial charge < -0.3 is 15.9 Å². The molecule has 2 rings (SSSR count). The maximum atomic E-state index is 9.31. The fourth-order valence-electron chi connectivity index (χ4n) is 1.13. The molecule has 0 saturated heterocycles. The summed E-state index contributed by atoms with van der Waals surface area (Å²) in [7, 11) is 0. The first-order valence-corrected chi connectivity index (χ1v) is 3.34. The highest BCUT2D eigenvalue weighted by atomic mass is 16.3. The molecule has 0 spiro atoms. The largest absolute Gasteiger partial charge is 0.507 e. The van der Waals surface area contributed by atoms with E-state index in [1.807, 2.05) is 0 Å². The van der Waals surface area contributed by atoms with Crippen LogP contribution in [-0.2, 0) is 0 Å². The lowest BCUT2D eigenvalue weighted by Crippen LogP contribution is -1.83. The SMILES string of the molecule is Nc1n[nH]c2c(O)ccc(O)c12. The van der Waals surface area contributed by atoms with E-state index in [9.17, 15) is 10.2 Å². The molecule has 1 aromatic heterocycles. The number of rotatable bonds is 0. The number of hydrogen-bond donors (Lipinski definition) is 4. The van der Waals surface area contributed by atoms with E-state index in [1.54, 1.807) is 0 Å². The highest BCUT2D eigenvalue weighted by Gasteiger charge is 2.09. The summed E-state index contributed by atoms with van der Waals surface area (Å²) in [5, 5.41) is 25.1. The number of nitrogens with two attached hydrogens (primary N) is 1. The second kappa shape index (κ2) is 2.04. The Morgan fingerprint density at radius 2 is 1.92 bits per heavy atom. The van der Waals surface area contributed by atoms with Gasteiger partial charge in [0, 0.05) is 0 Å². The fourth-order valence-corrected chi connectivity index (χ4v) is 1.13. The Morgan fingerprint density at radius 1 is 1.25 bits per heavy atom. The number of aromatic nitrogens is 2. The molecule has 5 N–H and O–H groups in total. The van der Waals surface area contributed by atoms with Crippen LogP contribution in [0.3, 0.4) is 0 Å². The number of H-pyrrole nitrogens is 1. The van der Waals surface area contributed by atoms with E-state index in [0.717, 1.165) is 0 Å². The smallest absolute Gasteiger partial charge is 0.157 e. The number of nitrogens with zero attached hydrogens (tertiary/aromatic N) is 1. The second-order valence-electron chi connectivity index (χ2n) is 2.46. The number of hydrogen-bond acceptors (Lipinski definition) is 4. The second-order valence-corrected chi connectivity index (χ2v) is 2.46. The lowest BCUT2D eigenvalue weighted by Gasteiger charge is -1.96. The van der Waals surface area contributed by atoms with Crippen LogP contribution in [-0.4, -0.2) is 20.4 Å². The number of aromatic hydroxyl groups is 2. The van der Waals surface area contributed by atoms with E-state index in [2.05, 4.69) is 10.2 Å². The molecule has 0 aliphatic carbocycles. The van der Waals surface area contributed by atoms with Crippen LogP contribution in [0, 0.1) is 0 Å². The summed E-state index contributed by atoms with van der Waals surface area (Å²) in [4.78, 5) is 0. The molecule has 0 saturated carbocycles. The Morgan fingerprint density at radius 3 is 2.58 bits per heavy atom. The van der Waals surface area contributed by atoms with Gasteiger partial charge in [-0.15, -0.1) is 0 Å². The zero-order valence-corrected chi connectivity index (χ0v) is 6.07. The number of anilines is 1. The normalized spacial score (nSPS) is 10.7. The Bertz CT molecular complexity index is 435. The first-order valence-electron chi connectivity index (χ1n) is 3.34. The molecule has 62 valence electrons. The molecule has 1 heterocycles. The average molecular weight is 165 g/mol. The molecule has 0 aliphatic rings. The fraction of sp³-hybridized carbons (Fsp3) is 0. The molecule has 5 heteroatoms. The highest BCUT2D eigenvalue weighted by molar-refractivity contribution is 5.97. The number of fused-ring (bicyclic) bond motifs is 1. The molecule has 2 aromatic rings. The predicted octanol–water partition coefficient (Wildman–Crippen LogP) is 0.556. The molecule has 0 radical (unpaired) electrons. The number of benzene rings is 1. The van der Waals surface area contributed by atoms with Crippen molar-refractivity contribution >= 4 is 16.7 Å². The van der Waals surface area contributed by atoms with Crippen LogP contribution < -0.4 is 5.73 Å². The van der Waals surface area contributed by atoms with Gasteiger partial charge in [-0.3, -0.25) is 5.10 Å². The van der Waals surface area contributed by atoms with Crippen LogP contribution in [0.2, 0.25) is 0 Å².